The van der Waals surface area contributed by atoms with Crippen LogP contribution in [0.25, 0.3) is 0 Å². The number of fused-ring (bicyclic) bond motifs is 1. The number of esters is 1. The molecule has 6 nitrogen and oxygen atoms in total. The monoisotopic (exact) mass is 326 g/mol. The minimum absolute atomic E-state index is 0.303. The summed E-state index contributed by atoms with van der Waals surface area (Å²) in [6.45, 7) is 6.28. The van der Waals surface area contributed by atoms with Crippen molar-refractivity contribution in [3.8, 4) is 0 Å². The Hall–Kier alpha value is -2.63. The summed E-state index contributed by atoms with van der Waals surface area (Å²) in [5, 5.41) is 7.60. The van der Waals surface area contributed by atoms with Gasteiger partial charge in [-0.15, -0.1) is 0 Å². The van der Waals surface area contributed by atoms with Crippen molar-refractivity contribution in [2.75, 3.05) is 11.9 Å². The Morgan fingerprint density at radius 1 is 1.33 bits per heavy atom. The molecule has 1 aromatic carbocycles. The highest BCUT2D eigenvalue weighted by atomic mass is 16.5. The fraction of sp³-hybridized carbons (Fsp3) is 0.389. The van der Waals surface area contributed by atoms with Gasteiger partial charge in [-0.3, -0.25) is 0 Å². The molecular weight excluding hydrogens is 304 g/mol. The lowest BCUT2D eigenvalue weighted by Gasteiger charge is -2.30. The minimum Gasteiger partial charge on any atom is -0.463 e. The highest BCUT2D eigenvalue weighted by Crippen LogP contribution is 2.37. The van der Waals surface area contributed by atoms with Crippen molar-refractivity contribution in [1.29, 1.82) is 0 Å². The average molecular weight is 326 g/mol. The molecule has 126 valence electrons. The fourth-order valence-corrected chi connectivity index (χ4v) is 3.09. The van der Waals surface area contributed by atoms with Crippen LogP contribution < -0.4 is 5.32 Å². The first-order valence-electron chi connectivity index (χ1n) is 8.29. The molecule has 1 aromatic heterocycles. The zero-order valence-electron chi connectivity index (χ0n) is 14.2. The molecule has 2 heterocycles. The molecule has 1 N–H and O–H groups in total. The third kappa shape index (κ3) is 2.79. The van der Waals surface area contributed by atoms with E-state index in [0.29, 0.717) is 18.1 Å². The van der Waals surface area contributed by atoms with E-state index in [1.807, 2.05) is 38.1 Å². The summed E-state index contributed by atoms with van der Waals surface area (Å²) in [7, 11) is 0. The molecule has 0 radical (unpaired) electrons. The summed E-state index contributed by atoms with van der Waals surface area (Å²) in [6.07, 6.45) is 3.18. The second kappa shape index (κ2) is 6.86. The number of aryl methyl sites for hydroxylation is 1. The van der Waals surface area contributed by atoms with Gasteiger partial charge in [0.2, 0.25) is 5.95 Å². The lowest BCUT2D eigenvalue weighted by Crippen LogP contribution is -2.30. The molecule has 0 saturated heterocycles. The van der Waals surface area contributed by atoms with Crippen LogP contribution in [0.2, 0.25) is 0 Å². The fourth-order valence-electron chi connectivity index (χ4n) is 3.09. The van der Waals surface area contributed by atoms with Crippen LogP contribution in [0.1, 0.15) is 43.9 Å². The average Bonchev–Trinajstić information content (AvgIpc) is 3.03. The van der Waals surface area contributed by atoms with Crippen LogP contribution in [0, 0.1) is 6.92 Å². The number of nitrogens with zero attached hydrogens (tertiary/aromatic N) is 3. The molecule has 0 amide bonds. The van der Waals surface area contributed by atoms with E-state index < -0.39 is 0 Å². The SMILES string of the molecule is CCCC1=C(C(=O)OCC)[C@H](c2ccccc2C)n2ncnc2N1. The number of benzene rings is 1. The van der Waals surface area contributed by atoms with Gasteiger partial charge in [-0.05, 0) is 31.4 Å². The predicted octanol–water partition coefficient (Wildman–Crippen LogP) is 3.22. The maximum atomic E-state index is 12.7. The molecule has 0 aliphatic carbocycles. The highest BCUT2D eigenvalue weighted by Gasteiger charge is 2.35. The molecule has 1 aliphatic rings. The Morgan fingerprint density at radius 2 is 2.12 bits per heavy atom. The molecule has 0 fully saturated rings. The number of hydrogen-bond acceptors (Lipinski definition) is 5. The van der Waals surface area contributed by atoms with Crippen molar-refractivity contribution >= 4 is 11.9 Å². The van der Waals surface area contributed by atoms with Gasteiger partial charge in [-0.1, -0.05) is 37.6 Å². The number of nitrogens with one attached hydrogen (secondary N) is 1. The summed E-state index contributed by atoms with van der Waals surface area (Å²) in [5.74, 6) is 0.350. The van der Waals surface area contributed by atoms with Crippen LogP contribution in [-0.4, -0.2) is 27.3 Å². The maximum Gasteiger partial charge on any atom is 0.338 e. The van der Waals surface area contributed by atoms with Crippen molar-refractivity contribution in [1.82, 2.24) is 14.8 Å². The van der Waals surface area contributed by atoms with E-state index in [-0.39, 0.29) is 12.0 Å². The summed E-state index contributed by atoms with van der Waals surface area (Å²) < 4.78 is 7.10. The summed E-state index contributed by atoms with van der Waals surface area (Å²) in [6, 6.07) is 7.70. The molecule has 24 heavy (non-hydrogen) atoms. The number of ether oxygens (including phenoxy) is 1. The van der Waals surface area contributed by atoms with E-state index in [1.54, 1.807) is 4.68 Å². The van der Waals surface area contributed by atoms with E-state index in [1.165, 1.54) is 6.33 Å². The zero-order chi connectivity index (χ0) is 17.1. The molecule has 1 aliphatic heterocycles. The van der Waals surface area contributed by atoms with Crippen LogP contribution in [0.3, 0.4) is 0 Å². The third-order valence-electron chi connectivity index (χ3n) is 4.16. The second-order valence-corrected chi connectivity index (χ2v) is 5.78. The molecule has 2 aromatic rings. The molecule has 6 heteroatoms. The van der Waals surface area contributed by atoms with Gasteiger partial charge in [0.1, 0.15) is 12.4 Å². The second-order valence-electron chi connectivity index (χ2n) is 5.78. The first-order chi connectivity index (χ1) is 11.7. The Morgan fingerprint density at radius 3 is 2.83 bits per heavy atom. The number of aromatic nitrogens is 3. The van der Waals surface area contributed by atoms with Gasteiger partial charge < -0.3 is 10.1 Å². The van der Waals surface area contributed by atoms with Crippen molar-refractivity contribution in [3.63, 3.8) is 0 Å². The first-order valence-corrected chi connectivity index (χ1v) is 8.29. The molecular formula is C18H22N4O2. The number of hydrogen-bond donors (Lipinski definition) is 1. The van der Waals surface area contributed by atoms with Crippen LogP contribution >= 0.6 is 0 Å². The quantitative estimate of drug-likeness (QED) is 0.854. The van der Waals surface area contributed by atoms with Crippen molar-refractivity contribution in [2.45, 2.75) is 39.7 Å². The molecule has 3 rings (SSSR count). The summed E-state index contributed by atoms with van der Waals surface area (Å²) >= 11 is 0. The third-order valence-corrected chi connectivity index (χ3v) is 4.16. The van der Waals surface area contributed by atoms with Crippen molar-refractivity contribution < 1.29 is 9.53 Å². The molecule has 0 saturated carbocycles. The van der Waals surface area contributed by atoms with Gasteiger partial charge in [0.15, 0.2) is 0 Å². The smallest absolute Gasteiger partial charge is 0.338 e. The number of carbonyl (C=O) groups is 1. The Labute approximate surface area is 141 Å². The summed E-state index contributed by atoms with van der Waals surface area (Å²) in [5.41, 5.74) is 3.61. The largest absolute Gasteiger partial charge is 0.463 e. The van der Waals surface area contributed by atoms with E-state index in [0.717, 1.165) is 29.7 Å². The topological polar surface area (TPSA) is 69.0 Å². The van der Waals surface area contributed by atoms with Gasteiger partial charge in [-0.2, -0.15) is 10.1 Å². The molecule has 0 spiro atoms. The van der Waals surface area contributed by atoms with Gasteiger partial charge in [0.05, 0.1) is 12.2 Å². The van der Waals surface area contributed by atoms with E-state index in [9.17, 15) is 4.79 Å². The van der Waals surface area contributed by atoms with E-state index in [2.05, 4.69) is 22.3 Å². The lowest BCUT2D eigenvalue weighted by atomic mass is 9.91. The van der Waals surface area contributed by atoms with Gasteiger partial charge in [0.25, 0.3) is 0 Å². The van der Waals surface area contributed by atoms with E-state index >= 15 is 0 Å². The number of anilines is 1. The number of carbonyl (C=O) groups excluding carboxylic acids is 1. The van der Waals surface area contributed by atoms with Crippen molar-refractivity contribution in [3.05, 3.63) is 53.0 Å². The number of rotatable bonds is 5. The van der Waals surface area contributed by atoms with Crippen molar-refractivity contribution in [2.24, 2.45) is 0 Å². The normalized spacial score (nSPS) is 16.5. The Balaban J connectivity index is 2.20. The first kappa shape index (κ1) is 16.2. The standard InChI is InChI=1S/C18H22N4O2/c1-4-8-14-15(17(23)24-5-2)16(13-10-7-6-9-12(13)3)22-18(21-14)19-11-20-22/h6-7,9-11,16H,4-5,8H2,1-3H3,(H,19,20,21)/t16-/m0/s1. The molecule has 1 atom stereocenters. The minimum atomic E-state index is -0.328. The van der Waals surface area contributed by atoms with Gasteiger partial charge >= 0.3 is 5.97 Å². The van der Waals surface area contributed by atoms with Crippen LogP contribution in [0.4, 0.5) is 5.95 Å². The zero-order valence-corrected chi connectivity index (χ0v) is 14.2. The van der Waals surface area contributed by atoms with E-state index in [4.69, 9.17) is 4.74 Å². The van der Waals surface area contributed by atoms with Gasteiger partial charge in [-0.25, -0.2) is 9.48 Å². The Kier molecular flexibility index (Phi) is 4.64. The van der Waals surface area contributed by atoms with Gasteiger partial charge in [0, 0.05) is 5.70 Å². The Bertz CT molecular complexity index is 779. The lowest BCUT2D eigenvalue weighted by molar-refractivity contribution is -0.139. The number of allylic oxidation sites excluding steroid dienone is 1. The van der Waals surface area contributed by atoms with Crippen LogP contribution in [0.5, 0.6) is 0 Å². The predicted molar refractivity (Wildman–Crippen MR) is 91.5 cm³/mol. The molecule has 0 bridgehead atoms. The van der Waals surface area contributed by atoms with Crippen LogP contribution in [0.15, 0.2) is 41.9 Å². The highest BCUT2D eigenvalue weighted by molar-refractivity contribution is 5.92. The summed E-state index contributed by atoms with van der Waals surface area (Å²) in [4.78, 5) is 17.0. The molecule has 0 unspecified atom stereocenters. The van der Waals surface area contributed by atoms with Crippen LogP contribution in [-0.2, 0) is 9.53 Å². The maximum absolute atomic E-state index is 12.7.